The molecule has 0 N–H and O–H groups in total. The molecule has 2 aromatic carbocycles. The number of nitrogens with zero attached hydrogens (tertiary/aromatic N) is 2. The van der Waals surface area contributed by atoms with Crippen molar-refractivity contribution >= 4 is 11.0 Å². The van der Waals surface area contributed by atoms with Crippen LogP contribution in [0.1, 0.15) is 0 Å². The van der Waals surface area contributed by atoms with E-state index in [0.717, 1.165) is 5.69 Å². The van der Waals surface area contributed by atoms with Gasteiger partial charge in [-0.25, -0.2) is 4.68 Å². The zero-order chi connectivity index (χ0) is 17.5. The van der Waals surface area contributed by atoms with E-state index in [2.05, 4.69) is 5.10 Å². The molecule has 4 aromatic rings. The van der Waals surface area contributed by atoms with Gasteiger partial charge in [0, 0.05) is 0 Å². The smallest absolute Gasteiger partial charge is 0.235 e. The largest absolute Gasteiger partial charge is 0.456 e. The topological polar surface area (TPSA) is 75.7 Å². The van der Waals surface area contributed by atoms with Crippen LogP contribution in [0, 0.1) is 0 Å². The molecule has 0 atom stereocenters. The van der Waals surface area contributed by atoms with Crippen LogP contribution in [0.2, 0.25) is 0 Å². The van der Waals surface area contributed by atoms with Gasteiger partial charge in [-0.3, -0.25) is 4.79 Å². The fourth-order valence-electron chi connectivity index (χ4n) is 2.82. The molecule has 0 fully saturated rings. The van der Waals surface area contributed by atoms with Crippen molar-refractivity contribution in [3.05, 3.63) is 71.3 Å². The summed E-state index contributed by atoms with van der Waals surface area (Å²) in [5.41, 5.74) is 0.940. The van der Waals surface area contributed by atoms with Crippen LogP contribution in [0.4, 0.5) is 0 Å². The maximum atomic E-state index is 12.7. The molecular weight excluding hydrogens is 336 g/mol. The van der Waals surface area contributed by atoms with Crippen molar-refractivity contribution in [3.8, 4) is 28.7 Å². The van der Waals surface area contributed by atoms with E-state index in [1.165, 1.54) is 12.5 Å². The van der Waals surface area contributed by atoms with Crippen molar-refractivity contribution in [3.63, 3.8) is 0 Å². The van der Waals surface area contributed by atoms with Crippen molar-refractivity contribution in [2.24, 2.45) is 0 Å². The highest BCUT2D eigenvalue weighted by atomic mass is 16.7. The molecule has 1 aliphatic heterocycles. The van der Waals surface area contributed by atoms with Gasteiger partial charge < -0.3 is 18.6 Å². The fourth-order valence-corrected chi connectivity index (χ4v) is 2.82. The van der Waals surface area contributed by atoms with Crippen molar-refractivity contribution in [2.75, 3.05) is 6.79 Å². The highest BCUT2D eigenvalue weighted by molar-refractivity contribution is 5.86. The summed E-state index contributed by atoms with van der Waals surface area (Å²) in [6.07, 6.45) is 4.50. The second-order valence-electron chi connectivity index (χ2n) is 5.66. The molecule has 7 heteroatoms. The Kier molecular flexibility index (Phi) is 3.18. The molecule has 2 aromatic heterocycles. The quantitative estimate of drug-likeness (QED) is 0.564. The molecule has 0 bridgehead atoms. The van der Waals surface area contributed by atoms with Crippen LogP contribution in [0.15, 0.2) is 70.3 Å². The molecule has 0 saturated heterocycles. The van der Waals surface area contributed by atoms with E-state index in [-0.39, 0.29) is 18.0 Å². The van der Waals surface area contributed by atoms with E-state index in [9.17, 15) is 4.79 Å². The van der Waals surface area contributed by atoms with Crippen molar-refractivity contribution in [2.45, 2.75) is 0 Å². The predicted octanol–water partition coefficient (Wildman–Crippen LogP) is 3.50. The molecule has 26 heavy (non-hydrogen) atoms. The Hall–Kier alpha value is -3.74. The number of fused-ring (bicyclic) bond motifs is 3. The maximum Gasteiger partial charge on any atom is 0.235 e. The van der Waals surface area contributed by atoms with Gasteiger partial charge in [-0.15, -0.1) is 0 Å². The van der Waals surface area contributed by atoms with Crippen LogP contribution in [-0.4, -0.2) is 16.6 Å². The van der Waals surface area contributed by atoms with Crippen molar-refractivity contribution < 1.29 is 18.6 Å². The first-order chi connectivity index (χ1) is 12.8. The van der Waals surface area contributed by atoms with Crippen LogP contribution in [0.5, 0.6) is 23.0 Å². The summed E-state index contributed by atoms with van der Waals surface area (Å²) in [5.74, 6) is 1.49. The minimum Gasteiger partial charge on any atom is -0.456 e. The number of para-hydroxylation sites is 1. The highest BCUT2D eigenvalue weighted by Crippen LogP contribution is 2.38. The molecule has 0 amide bonds. The Balaban J connectivity index is 1.51. The number of benzene rings is 2. The zero-order valence-electron chi connectivity index (χ0n) is 13.4. The molecule has 128 valence electrons. The summed E-state index contributed by atoms with van der Waals surface area (Å²) < 4.78 is 23.6. The molecule has 0 spiro atoms. The van der Waals surface area contributed by atoms with Gasteiger partial charge in [0.1, 0.15) is 6.26 Å². The molecule has 5 rings (SSSR count). The van der Waals surface area contributed by atoms with Gasteiger partial charge in [0.2, 0.25) is 23.7 Å². The molecular formula is C19H12N2O5. The molecule has 1 aliphatic rings. The van der Waals surface area contributed by atoms with Crippen molar-refractivity contribution in [1.29, 1.82) is 0 Å². The van der Waals surface area contributed by atoms with Crippen LogP contribution < -0.4 is 19.6 Å². The molecule has 7 nitrogen and oxygen atoms in total. The Labute approximate surface area is 147 Å². The summed E-state index contributed by atoms with van der Waals surface area (Å²) in [6, 6.07) is 12.9. The third kappa shape index (κ3) is 2.29. The molecule has 0 radical (unpaired) electrons. The normalized spacial score (nSPS) is 12.5. The average Bonchev–Trinajstić information content (AvgIpc) is 3.34. The lowest BCUT2D eigenvalue weighted by atomic mass is 10.2. The summed E-state index contributed by atoms with van der Waals surface area (Å²) in [5, 5.41) is 4.61. The number of rotatable bonds is 3. The van der Waals surface area contributed by atoms with Gasteiger partial charge in [0.25, 0.3) is 0 Å². The van der Waals surface area contributed by atoms with Crippen LogP contribution in [0.25, 0.3) is 16.7 Å². The molecule has 3 heterocycles. The minimum absolute atomic E-state index is 0.0731. The monoisotopic (exact) mass is 348 g/mol. The van der Waals surface area contributed by atoms with E-state index in [1.54, 1.807) is 23.0 Å². The summed E-state index contributed by atoms with van der Waals surface area (Å²) in [7, 11) is 0. The van der Waals surface area contributed by atoms with Gasteiger partial charge in [0.15, 0.2) is 17.1 Å². The van der Waals surface area contributed by atoms with Gasteiger partial charge in [-0.2, -0.15) is 5.10 Å². The van der Waals surface area contributed by atoms with E-state index < -0.39 is 0 Å². The molecule has 0 saturated carbocycles. The predicted molar refractivity (Wildman–Crippen MR) is 92.2 cm³/mol. The lowest BCUT2D eigenvalue weighted by molar-refractivity contribution is 0.174. The average molecular weight is 348 g/mol. The maximum absolute atomic E-state index is 12.7. The van der Waals surface area contributed by atoms with Gasteiger partial charge >= 0.3 is 0 Å². The molecule has 0 aliphatic carbocycles. The third-order valence-corrected chi connectivity index (χ3v) is 4.05. The van der Waals surface area contributed by atoms with Gasteiger partial charge in [-0.1, -0.05) is 18.2 Å². The number of hydrogen-bond donors (Lipinski definition) is 0. The second-order valence-corrected chi connectivity index (χ2v) is 5.66. The Morgan fingerprint density at radius 3 is 2.85 bits per heavy atom. The van der Waals surface area contributed by atoms with E-state index in [4.69, 9.17) is 18.6 Å². The Bertz CT molecular complexity index is 1160. The number of ether oxygens (including phenoxy) is 3. The lowest BCUT2D eigenvalue weighted by Gasteiger charge is -2.05. The minimum atomic E-state index is -0.294. The van der Waals surface area contributed by atoms with Gasteiger partial charge in [0.05, 0.1) is 23.5 Å². The number of aromatic nitrogens is 2. The first-order valence-corrected chi connectivity index (χ1v) is 7.92. The second kappa shape index (κ2) is 5.66. The first-order valence-electron chi connectivity index (χ1n) is 7.92. The zero-order valence-corrected chi connectivity index (χ0v) is 13.4. The molecule has 0 unspecified atom stereocenters. The Morgan fingerprint density at radius 2 is 1.96 bits per heavy atom. The standard InChI is InChI=1S/C19H12N2O5/c22-17-14-6-7-15-19(25-11-24-15)18(14)23-10-16(17)26-13-8-20-21(9-13)12-4-2-1-3-5-12/h1-10H,11H2. The van der Waals surface area contributed by atoms with Crippen LogP contribution in [-0.2, 0) is 0 Å². The SMILES string of the molecule is O=c1c(Oc2cnn(-c3ccccc3)c2)coc2c3c(ccc12)OCO3. The number of hydrogen-bond acceptors (Lipinski definition) is 6. The summed E-state index contributed by atoms with van der Waals surface area (Å²) in [6.45, 7) is 0.106. The first kappa shape index (κ1) is 14.6. The van der Waals surface area contributed by atoms with E-state index in [1.807, 2.05) is 30.3 Å². The van der Waals surface area contributed by atoms with Crippen LogP contribution in [0.3, 0.4) is 0 Å². The highest BCUT2D eigenvalue weighted by Gasteiger charge is 2.21. The van der Waals surface area contributed by atoms with Crippen LogP contribution >= 0.6 is 0 Å². The Morgan fingerprint density at radius 1 is 1.08 bits per heavy atom. The van der Waals surface area contributed by atoms with Gasteiger partial charge in [-0.05, 0) is 24.3 Å². The summed E-state index contributed by atoms with van der Waals surface area (Å²) in [4.78, 5) is 12.7. The summed E-state index contributed by atoms with van der Waals surface area (Å²) >= 11 is 0. The van der Waals surface area contributed by atoms with Crippen molar-refractivity contribution in [1.82, 2.24) is 9.78 Å². The fraction of sp³-hybridized carbons (Fsp3) is 0.0526. The lowest BCUT2D eigenvalue weighted by Crippen LogP contribution is -2.04. The van der Waals surface area contributed by atoms with E-state index in [0.29, 0.717) is 28.2 Å². The van der Waals surface area contributed by atoms with E-state index >= 15 is 0 Å². The third-order valence-electron chi connectivity index (χ3n) is 4.05.